The summed E-state index contributed by atoms with van der Waals surface area (Å²) in [5, 5.41) is 0. The first-order valence-electron chi connectivity index (χ1n) is 6.54. The normalized spacial score (nSPS) is 16.9. The van der Waals surface area contributed by atoms with Crippen LogP contribution in [0.2, 0.25) is 0 Å². The van der Waals surface area contributed by atoms with E-state index in [0.29, 0.717) is 6.54 Å². The molecule has 0 bridgehead atoms. The van der Waals surface area contributed by atoms with Gasteiger partial charge in [0.1, 0.15) is 5.82 Å². The third-order valence-electron chi connectivity index (χ3n) is 3.39. The number of hydrogen-bond acceptors (Lipinski definition) is 2. The molecule has 0 unspecified atom stereocenters. The second-order valence-electron chi connectivity index (χ2n) is 4.73. The van der Waals surface area contributed by atoms with E-state index in [1.165, 1.54) is 25.7 Å². The van der Waals surface area contributed by atoms with E-state index >= 15 is 0 Å². The van der Waals surface area contributed by atoms with Gasteiger partial charge in [0.25, 0.3) is 0 Å². The lowest BCUT2D eigenvalue weighted by atomic mass is 10.1. The molecule has 2 rings (SSSR count). The van der Waals surface area contributed by atoms with Crippen molar-refractivity contribution in [1.29, 1.82) is 0 Å². The van der Waals surface area contributed by atoms with Gasteiger partial charge in [-0.2, -0.15) is 0 Å². The molecule has 2 N–H and O–H groups in total. The lowest BCUT2D eigenvalue weighted by Gasteiger charge is -2.23. The molecule has 0 amide bonds. The second-order valence-corrected chi connectivity index (χ2v) is 4.73. The number of benzene rings is 1. The Labute approximate surface area is 103 Å². The molecular formula is C14H21FN2. The van der Waals surface area contributed by atoms with Crippen LogP contribution in [0.25, 0.3) is 0 Å². The highest BCUT2D eigenvalue weighted by Gasteiger charge is 2.13. The standard InChI is InChI=1S/C14H21FN2/c15-13-11-12(7-8-16)5-6-14(13)17-9-3-1-2-4-10-17/h5-6,11H,1-4,7-10,16H2. The molecule has 0 saturated carbocycles. The first-order chi connectivity index (χ1) is 8.31. The number of nitrogens with two attached hydrogens (primary N) is 1. The number of halogens is 1. The summed E-state index contributed by atoms with van der Waals surface area (Å²) in [5.74, 6) is -0.0992. The molecule has 0 spiro atoms. The van der Waals surface area contributed by atoms with Crippen molar-refractivity contribution in [3.8, 4) is 0 Å². The second kappa shape index (κ2) is 6.01. The summed E-state index contributed by atoms with van der Waals surface area (Å²) in [4.78, 5) is 2.18. The maximum absolute atomic E-state index is 14.0. The quantitative estimate of drug-likeness (QED) is 0.874. The van der Waals surface area contributed by atoms with Crippen molar-refractivity contribution in [2.75, 3.05) is 24.5 Å². The predicted molar refractivity (Wildman–Crippen MR) is 69.8 cm³/mol. The van der Waals surface area contributed by atoms with Gasteiger partial charge in [0, 0.05) is 13.1 Å². The maximum atomic E-state index is 14.0. The van der Waals surface area contributed by atoms with E-state index in [0.717, 1.165) is 30.8 Å². The lowest BCUT2D eigenvalue weighted by Crippen LogP contribution is -2.24. The third kappa shape index (κ3) is 3.19. The smallest absolute Gasteiger partial charge is 0.146 e. The first-order valence-corrected chi connectivity index (χ1v) is 6.54. The van der Waals surface area contributed by atoms with E-state index in [2.05, 4.69) is 4.90 Å². The van der Waals surface area contributed by atoms with Crippen LogP contribution in [0.4, 0.5) is 10.1 Å². The van der Waals surface area contributed by atoms with Crippen LogP contribution in [-0.2, 0) is 6.42 Å². The Balaban J connectivity index is 2.14. The minimum absolute atomic E-state index is 0.0992. The number of nitrogens with zero attached hydrogens (tertiary/aromatic N) is 1. The molecule has 0 atom stereocenters. The van der Waals surface area contributed by atoms with Crippen LogP contribution in [0, 0.1) is 5.82 Å². The molecule has 3 heteroatoms. The van der Waals surface area contributed by atoms with Gasteiger partial charge in [-0.25, -0.2) is 4.39 Å². The van der Waals surface area contributed by atoms with E-state index in [9.17, 15) is 4.39 Å². The van der Waals surface area contributed by atoms with Crippen LogP contribution in [-0.4, -0.2) is 19.6 Å². The number of hydrogen-bond donors (Lipinski definition) is 1. The summed E-state index contributed by atoms with van der Waals surface area (Å²) < 4.78 is 14.0. The van der Waals surface area contributed by atoms with Crippen molar-refractivity contribution in [3.63, 3.8) is 0 Å². The van der Waals surface area contributed by atoms with Crippen LogP contribution >= 0.6 is 0 Å². The van der Waals surface area contributed by atoms with Crippen molar-refractivity contribution in [2.24, 2.45) is 5.73 Å². The van der Waals surface area contributed by atoms with Gasteiger partial charge in [0.15, 0.2) is 0 Å². The molecule has 0 aliphatic carbocycles. The fourth-order valence-electron chi connectivity index (χ4n) is 2.44. The Hall–Kier alpha value is -1.09. The average Bonchev–Trinajstić information content (AvgIpc) is 2.58. The highest BCUT2D eigenvalue weighted by Crippen LogP contribution is 2.23. The van der Waals surface area contributed by atoms with E-state index in [1.54, 1.807) is 6.07 Å². The molecule has 1 heterocycles. The number of anilines is 1. The van der Waals surface area contributed by atoms with Gasteiger partial charge in [-0.1, -0.05) is 18.9 Å². The van der Waals surface area contributed by atoms with Crippen molar-refractivity contribution >= 4 is 5.69 Å². The maximum Gasteiger partial charge on any atom is 0.146 e. The van der Waals surface area contributed by atoms with Crippen LogP contribution in [0.15, 0.2) is 18.2 Å². The molecule has 2 nitrogen and oxygen atoms in total. The number of rotatable bonds is 3. The van der Waals surface area contributed by atoms with Crippen LogP contribution < -0.4 is 10.6 Å². The minimum Gasteiger partial charge on any atom is -0.369 e. The van der Waals surface area contributed by atoms with Gasteiger partial charge < -0.3 is 10.6 Å². The highest BCUT2D eigenvalue weighted by atomic mass is 19.1. The van der Waals surface area contributed by atoms with Gasteiger partial charge in [-0.15, -0.1) is 0 Å². The zero-order chi connectivity index (χ0) is 12.1. The molecule has 1 aromatic carbocycles. The predicted octanol–water partition coefficient (Wildman–Crippen LogP) is 2.71. The Morgan fingerprint density at radius 1 is 1.12 bits per heavy atom. The summed E-state index contributed by atoms with van der Waals surface area (Å²) in [7, 11) is 0. The molecule has 94 valence electrons. The summed E-state index contributed by atoms with van der Waals surface area (Å²) >= 11 is 0. The Bertz CT molecular complexity index is 357. The van der Waals surface area contributed by atoms with Gasteiger partial charge in [0.05, 0.1) is 5.69 Å². The summed E-state index contributed by atoms with van der Waals surface area (Å²) in [6, 6.07) is 5.54. The van der Waals surface area contributed by atoms with Crippen molar-refractivity contribution < 1.29 is 4.39 Å². The van der Waals surface area contributed by atoms with Gasteiger partial charge >= 0.3 is 0 Å². The fraction of sp³-hybridized carbons (Fsp3) is 0.571. The van der Waals surface area contributed by atoms with E-state index in [4.69, 9.17) is 5.73 Å². The molecule has 0 aromatic heterocycles. The van der Waals surface area contributed by atoms with Crippen LogP contribution in [0.1, 0.15) is 31.2 Å². The molecule has 0 radical (unpaired) electrons. The molecule has 1 aromatic rings. The van der Waals surface area contributed by atoms with Crippen LogP contribution in [0.5, 0.6) is 0 Å². The molecule has 1 aliphatic rings. The summed E-state index contributed by atoms with van der Waals surface area (Å²) in [6.07, 6.45) is 5.62. The van der Waals surface area contributed by atoms with Crippen molar-refractivity contribution in [3.05, 3.63) is 29.6 Å². The van der Waals surface area contributed by atoms with Crippen LogP contribution in [0.3, 0.4) is 0 Å². The Morgan fingerprint density at radius 3 is 2.41 bits per heavy atom. The first kappa shape index (κ1) is 12.4. The van der Waals surface area contributed by atoms with Gasteiger partial charge in [-0.05, 0) is 43.5 Å². The summed E-state index contributed by atoms with van der Waals surface area (Å²) in [6.45, 7) is 2.53. The molecular weight excluding hydrogens is 215 g/mol. The van der Waals surface area contributed by atoms with Crippen molar-refractivity contribution in [2.45, 2.75) is 32.1 Å². The third-order valence-corrected chi connectivity index (χ3v) is 3.39. The highest BCUT2D eigenvalue weighted by molar-refractivity contribution is 5.49. The molecule has 1 fully saturated rings. The van der Waals surface area contributed by atoms with E-state index < -0.39 is 0 Å². The topological polar surface area (TPSA) is 29.3 Å². The summed E-state index contributed by atoms with van der Waals surface area (Å²) in [5.41, 5.74) is 7.23. The zero-order valence-corrected chi connectivity index (χ0v) is 10.3. The SMILES string of the molecule is NCCc1ccc(N2CCCCCC2)c(F)c1. The van der Waals surface area contributed by atoms with Gasteiger partial charge in [-0.3, -0.25) is 0 Å². The molecule has 1 saturated heterocycles. The zero-order valence-electron chi connectivity index (χ0n) is 10.3. The lowest BCUT2D eigenvalue weighted by molar-refractivity contribution is 0.614. The average molecular weight is 236 g/mol. The molecule has 1 aliphatic heterocycles. The van der Waals surface area contributed by atoms with Gasteiger partial charge in [0.2, 0.25) is 0 Å². The Kier molecular flexibility index (Phi) is 4.37. The minimum atomic E-state index is -0.0992. The van der Waals surface area contributed by atoms with E-state index in [-0.39, 0.29) is 5.82 Å². The fourth-order valence-corrected chi connectivity index (χ4v) is 2.44. The van der Waals surface area contributed by atoms with Crippen molar-refractivity contribution in [1.82, 2.24) is 0 Å². The monoisotopic (exact) mass is 236 g/mol. The largest absolute Gasteiger partial charge is 0.369 e. The Morgan fingerprint density at radius 2 is 1.82 bits per heavy atom. The van der Waals surface area contributed by atoms with E-state index in [1.807, 2.05) is 12.1 Å². The molecule has 17 heavy (non-hydrogen) atoms.